The number of hydrogen-bond acceptors (Lipinski definition) is 3. The van der Waals surface area contributed by atoms with Gasteiger partial charge in [-0.2, -0.15) is 13.2 Å². The van der Waals surface area contributed by atoms with Crippen LogP contribution in [0.3, 0.4) is 0 Å². The Kier molecular flexibility index (Phi) is 6.47. The number of methoxy groups -OCH3 is 1. The molecule has 0 saturated carbocycles. The summed E-state index contributed by atoms with van der Waals surface area (Å²) in [6.07, 6.45) is -4.80. The summed E-state index contributed by atoms with van der Waals surface area (Å²) in [6.45, 7) is 1.77. The summed E-state index contributed by atoms with van der Waals surface area (Å²) >= 11 is 0. The summed E-state index contributed by atoms with van der Waals surface area (Å²) in [5, 5.41) is 4.59. The average molecular weight is 446 g/mol. The lowest BCUT2D eigenvalue weighted by atomic mass is 10.1. The largest absolute Gasteiger partial charge is 0.496 e. The van der Waals surface area contributed by atoms with Crippen LogP contribution in [0.5, 0.6) is 5.75 Å². The molecule has 0 spiro atoms. The van der Waals surface area contributed by atoms with E-state index < -0.39 is 35.1 Å². The molecule has 3 aromatic rings. The van der Waals surface area contributed by atoms with Crippen molar-refractivity contribution in [2.75, 3.05) is 17.7 Å². The van der Waals surface area contributed by atoms with E-state index in [-0.39, 0.29) is 16.8 Å². The fourth-order valence-electron chi connectivity index (χ4n) is 2.93. The number of ether oxygens (including phenoxy) is 1. The van der Waals surface area contributed by atoms with Crippen LogP contribution in [-0.2, 0) is 6.18 Å². The Balaban J connectivity index is 1.86. The van der Waals surface area contributed by atoms with Crippen LogP contribution in [0, 0.1) is 12.7 Å². The van der Waals surface area contributed by atoms with Gasteiger partial charge in [-0.05, 0) is 67.1 Å². The fraction of sp³-hybridized carbons (Fsp3) is 0.130. The van der Waals surface area contributed by atoms with Gasteiger partial charge in [0.25, 0.3) is 11.8 Å². The van der Waals surface area contributed by atoms with Crippen LogP contribution >= 0.6 is 0 Å². The summed E-state index contributed by atoms with van der Waals surface area (Å²) in [4.78, 5) is 24.7. The predicted octanol–water partition coefficient (Wildman–Crippen LogP) is 5.67. The number of amides is 2. The molecule has 5 nitrogen and oxygen atoms in total. The summed E-state index contributed by atoms with van der Waals surface area (Å²) in [5.41, 5.74) is -0.786. The number of hydrogen-bond donors (Lipinski definition) is 2. The third-order valence-electron chi connectivity index (χ3n) is 4.61. The van der Waals surface area contributed by atoms with Gasteiger partial charge in [-0.25, -0.2) is 4.39 Å². The van der Waals surface area contributed by atoms with Crippen LogP contribution in [0.1, 0.15) is 31.8 Å². The number of carbonyl (C=O) groups excluding carboxylic acids is 2. The Morgan fingerprint density at radius 3 is 2.09 bits per heavy atom. The molecule has 0 unspecified atom stereocenters. The van der Waals surface area contributed by atoms with Crippen molar-refractivity contribution in [2.24, 2.45) is 0 Å². The smallest absolute Gasteiger partial charge is 0.418 e. The van der Waals surface area contributed by atoms with E-state index in [1.54, 1.807) is 13.0 Å². The Hall–Kier alpha value is -3.88. The van der Waals surface area contributed by atoms with Crippen LogP contribution in [0.4, 0.5) is 28.9 Å². The van der Waals surface area contributed by atoms with Crippen LogP contribution < -0.4 is 15.4 Å². The molecule has 2 amide bonds. The fourth-order valence-corrected chi connectivity index (χ4v) is 2.93. The molecule has 0 aliphatic rings. The molecule has 0 fully saturated rings. The Morgan fingerprint density at radius 2 is 1.47 bits per heavy atom. The van der Waals surface area contributed by atoms with Gasteiger partial charge < -0.3 is 15.4 Å². The van der Waals surface area contributed by atoms with Gasteiger partial charge in [0, 0.05) is 16.8 Å². The summed E-state index contributed by atoms with van der Waals surface area (Å²) in [7, 11) is 1.42. The topological polar surface area (TPSA) is 67.4 Å². The molecule has 0 aromatic heterocycles. The zero-order chi connectivity index (χ0) is 23.5. The van der Waals surface area contributed by atoms with E-state index in [1.807, 2.05) is 0 Å². The van der Waals surface area contributed by atoms with Crippen molar-refractivity contribution >= 4 is 23.2 Å². The predicted molar refractivity (Wildman–Crippen MR) is 111 cm³/mol. The lowest BCUT2D eigenvalue weighted by Gasteiger charge is -2.16. The molecule has 0 aliphatic carbocycles. The van der Waals surface area contributed by atoms with Gasteiger partial charge in [0.05, 0.1) is 18.4 Å². The number of alkyl halides is 3. The molecule has 0 saturated heterocycles. The highest BCUT2D eigenvalue weighted by Gasteiger charge is 2.34. The lowest BCUT2D eigenvalue weighted by Crippen LogP contribution is -2.18. The summed E-state index contributed by atoms with van der Waals surface area (Å²) in [6, 6.07) is 12.0. The van der Waals surface area contributed by atoms with Gasteiger partial charge >= 0.3 is 6.18 Å². The quantitative estimate of drug-likeness (QED) is 0.497. The van der Waals surface area contributed by atoms with Crippen molar-refractivity contribution in [1.82, 2.24) is 0 Å². The molecule has 32 heavy (non-hydrogen) atoms. The molecule has 0 atom stereocenters. The molecule has 0 radical (unpaired) electrons. The van der Waals surface area contributed by atoms with Crippen LogP contribution in [0.25, 0.3) is 0 Å². The maximum atomic E-state index is 13.6. The van der Waals surface area contributed by atoms with Crippen molar-refractivity contribution in [1.29, 1.82) is 0 Å². The third-order valence-corrected chi connectivity index (χ3v) is 4.61. The molecule has 0 heterocycles. The zero-order valence-corrected chi connectivity index (χ0v) is 17.0. The molecule has 166 valence electrons. The SMILES string of the molecule is COc1cc(C(=O)Nc2ccc(NC(=O)c3ccc(F)cc3)cc2C(F)(F)F)ccc1C. The second-order valence-electron chi connectivity index (χ2n) is 6.86. The van der Waals surface area contributed by atoms with Gasteiger partial charge in [-0.15, -0.1) is 0 Å². The number of anilines is 2. The monoisotopic (exact) mass is 446 g/mol. The van der Waals surface area contributed by atoms with Gasteiger partial charge in [-0.1, -0.05) is 6.07 Å². The van der Waals surface area contributed by atoms with Crippen LogP contribution in [0.15, 0.2) is 60.7 Å². The second kappa shape index (κ2) is 9.09. The molecule has 0 aliphatic heterocycles. The minimum absolute atomic E-state index is 0.0747. The van der Waals surface area contributed by atoms with Crippen molar-refractivity contribution < 1.29 is 31.9 Å². The zero-order valence-electron chi connectivity index (χ0n) is 17.0. The van der Waals surface area contributed by atoms with Gasteiger partial charge in [0.2, 0.25) is 0 Å². The minimum atomic E-state index is -4.80. The van der Waals surface area contributed by atoms with Crippen LogP contribution in [-0.4, -0.2) is 18.9 Å². The van der Waals surface area contributed by atoms with E-state index in [2.05, 4.69) is 10.6 Å². The molecular weight excluding hydrogens is 428 g/mol. The Labute approximate surface area is 181 Å². The first kappa shape index (κ1) is 22.8. The van der Waals surface area contributed by atoms with E-state index in [1.165, 1.54) is 37.4 Å². The van der Waals surface area contributed by atoms with Gasteiger partial charge in [0.1, 0.15) is 11.6 Å². The molecule has 9 heteroatoms. The summed E-state index contributed by atoms with van der Waals surface area (Å²) < 4.78 is 59.0. The van der Waals surface area contributed by atoms with Crippen molar-refractivity contribution in [3.8, 4) is 5.75 Å². The number of rotatable bonds is 5. The van der Waals surface area contributed by atoms with Crippen molar-refractivity contribution in [3.05, 3.63) is 88.7 Å². The number of nitrogens with one attached hydrogen (secondary N) is 2. The van der Waals surface area contributed by atoms with Gasteiger partial charge in [-0.3, -0.25) is 9.59 Å². The number of halogens is 4. The maximum absolute atomic E-state index is 13.6. The van der Waals surface area contributed by atoms with E-state index in [9.17, 15) is 27.2 Å². The Bertz CT molecular complexity index is 1160. The Morgan fingerprint density at radius 1 is 0.844 bits per heavy atom. The number of benzene rings is 3. The minimum Gasteiger partial charge on any atom is -0.496 e. The normalized spacial score (nSPS) is 11.1. The summed E-state index contributed by atoms with van der Waals surface area (Å²) in [5.74, 6) is -1.58. The highest BCUT2D eigenvalue weighted by Crippen LogP contribution is 2.37. The van der Waals surface area contributed by atoms with E-state index in [0.717, 1.165) is 23.8 Å². The number of aryl methyl sites for hydroxylation is 1. The van der Waals surface area contributed by atoms with Crippen molar-refractivity contribution in [3.63, 3.8) is 0 Å². The lowest BCUT2D eigenvalue weighted by molar-refractivity contribution is -0.136. The first-order valence-corrected chi connectivity index (χ1v) is 9.32. The van der Waals surface area contributed by atoms with E-state index in [4.69, 9.17) is 4.74 Å². The van der Waals surface area contributed by atoms with E-state index in [0.29, 0.717) is 11.8 Å². The molecule has 3 aromatic carbocycles. The highest BCUT2D eigenvalue weighted by atomic mass is 19.4. The third kappa shape index (κ3) is 5.23. The van der Waals surface area contributed by atoms with E-state index >= 15 is 0 Å². The standard InChI is InChI=1S/C23H18F4N2O3/c1-13-3-4-15(11-20(13)32-2)22(31)29-19-10-9-17(12-18(19)23(25,26)27)28-21(30)14-5-7-16(24)8-6-14/h3-12H,1-2H3,(H,28,30)(H,29,31). The molecular formula is C23H18F4N2O3. The average Bonchev–Trinajstić information content (AvgIpc) is 2.74. The second-order valence-corrected chi connectivity index (χ2v) is 6.86. The first-order chi connectivity index (χ1) is 15.1. The van der Waals surface area contributed by atoms with Crippen LogP contribution in [0.2, 0.25) is 0 Å². The highest BCUT2D eigenvalue weighted by molar-refractivity contribution is 6.06. The van der Waals surface area contributed by atoms with Gasteiger partial charge in [0.15, 0.2) is 0 Å². The van der Waals surface area contributed by atoms with Crippen molar-refractivity contribution in [2.45, 2.75) is 13.1 Å². The molecule has 2 N–H and O–H groups in total. The maximum Gasteiger partial charge on any atom is 0.418 e. The first-order valence-electron chi connectivity index (χ1n) is 9.32. The molecule has 0 bridgehead atoms. The number of carbonyl (C=O) groups is 2. The molecule has 3 rings (SSSR count).